The Hall–Kier alpha value is -2.93. The Balaban J connectivity index is 1.88. The molecule has 0 saturated carbocycles. The predicted molar refractivity (Wildman–Crippen MR) is 85.1 cm³/mol. The molecule has 0 bridgehead atoms. The standard InChI is InChI=1S/C15H11ClFN5O/c16-9-5-6-13(19-7-9)21-15(23)10-8-20-22(14(10)18)12-4-2-1-3-11(12)17/h1-8H,18H2,(H,19,21,23). The summed E-state index contributed by atoms with van der Waals surface area (Å²) >= 11 is 5.73. The number of benzene rings is 1. The van der Waals surface area contributed by atoms with Gasteiger partial charge in [-0.25, -0.2) is 14.1 Å². The third-order valence-electron chi connectivity index (χ3n) is 3.10. The molecule has 0 aliphatic rings. The molecule has 1 amide bonds. The molecule has 1 aromatic carbocycles. The van der Waals surface area contributed by atoms with Crippen LogP contribution in [0.2, 0.25) is 5.02 Å². The van der Waals surface area contributed by atoms with Crippen LogP contribution < -0.4 is 11.1 Å². The van der Waals surface area contributed by atoms with E-state index in [4.69, 9.17) is 17.3 Å². The summed E-state index contributed by atoms with van der Waals surface area (Å²) in [6, 6.07) is 9.15. The van der Waals surface area contributed by atoms with Gasteiger partial charge < -0.3 is 11.1 Å². The van der Waals surface area contributed by atoms with Crippen LogP contribution in [-0.4, -0.2) is 20.7 Å². The molecule has 2 aromatic heterocycles. The molecule has 116 valence electrons. The molecule has 0 unspecified atom stereocenters. The van der Waals surface area contributed by atoms with Gasteiger partial charge in [-0.3, -0.25) is 4.79 Å². The molecule has 0 saturated heterocycles. The van der Waals surface area contributed by atoms with E-state index in [9.17, 15) is 9.18 Å². The number of amides is 1. The second-order valence-electron chi connectivity index (χ2n) is 4.62. The second kappa shape index (κ2) is 6.05. The number of pyridine rings is 1. The van der Waals surface area contributed by atoms with E-state index >= 15 is 0 Å². The highest BCUT2D eigenvalue weighted by atomic mass is 35.5. The highest BCUT2D eigenvalue weighted by molar-refractivity contribution is 6.30. The lowest BCUT2D eigenvalue weighted by atomic mass is 10.3. The van der Waals surface area contributed by atoms with Gasteiger partial charge in [0.1, 0.15) is 28.7 Å². The van der Waals surface area contributed by atoms with E-state index in [1.54, 1.807) is 24.3 Å². The number of rotatable bonds is 3. The molecule has 0 spiro atoms. The SMILES string of the molecule is Nc1c(C(=O)Nc2ccc(Cl)cn2)cnn1-c1ccccc1F. The number of nitrogens with zero attached hydrogens (tertiary/aromatic N) is 3. The Labute approximate surface area is 135 Å². The lowest BCUT2D eigenvalue weighted by Crippen LogP contribution is -2.15. The number of aromatic nitrogens is 3. The minimum atomic E-state index is -0.500. The number of nitrogens with one attached hydrogen (secondary N) is 1. The Morgan fingerprint density at radius 2 is 2.00 bits per heavy atom. The van der Waals surface area contributed by atoms with Crippen molar-refractivity contribution in [3.63, 3.8) is 0 Å². The van der Waals surface area contributed by atoms with Crippen molar-refractivity contribution in [3.8, 4) is 5.69 Å². The van der Waals surface area contributed by atoms with Gasteiger partial charge >= 0.3 is 0 Å². The van der Waals surface area contributed by atoms with Crippen LogP contribution in [0.4, 0.5) is 16.0 Å². The monoisotopic (exact) mass is 331 g/mol. The molecule has 0 aliphatic carbocycles. The van der Waals surface area contributed by atoms with Gasteiger partial charge in [0.25, 0.3) is 5.91 Å². The Kier molecular flexibility index (Phi) is 3.94. The summed E-state index contributed by atoms with van der Waals surface area (Å²) in [4.78, 5) is 16.2. The van der Waals surface area contributed by atoms with E-state index in [-0.39, 0.29) is 17.1 Å². The molecule has 2 heterocycles. The maximum absolute atomic E-state index is 13.8. The van der Waals surface area contributed by atoms with Gasteiger partial charge in [0, 0.05) is 6.20 Å². The first-order valence-corrected chi connectivity index (χ1v) is 6.95. The first-order valence-electron chi connectivity index (χ1n) is 6.57. The van der Waals surface area contributed by atoms with E-state index in [1.165, 1.54) is 29.2 Å². The topological polar surface area (TPSA) is 85.8 Å². The van der Waals surface area contributed by atoms with E-state index < -0.39 is 11.7 Å². The number of hydrogen-bond acceptors (Lipinski definition) is 4. The summed E-state index contributed by atoms with van der Waals surface area (Å²) in [5, 5.41) is 7.00. The second-order valence-corrected chi connectivity index (χ2v) is 5.06. The molecule has 6 nitrogen and oxygen atoms in total. The average molecular weight is 332 g/mol. The molecular weight excluding hydrogens is 321 g/mol. The van der Waals surface area contributed by atoms with Gasteiger partial charge in [-0.05, 0) is 24.3 Å². The molecule has 0 radical (unpaired) electrons. The number of hydrogen-bond donors (Lipinski definition) is 2. The van der Waals surface area contributed by atoms with Crippen LogP contribution in [-0.2, 0) is 0 Å². The number of nitrogens with two attached hydrogens (primary N) is 1. The fraction of sp³-hybridized carbons (Fsp3) is 0. The zero-order chi connectivity index (χ0) is 16.4. The summed E-state index contributed by atoms with van der Waals surface area (Å²) in [6.07, 6.45) is 2.68. The Morgan fingerprint density at radius 3 is 2.70 bits per heavy atom. The van der Waals surface area contributed by atoms with Crippen LogP contribution in [0.15, 0.2) is 48.8 Å². The maximum atomic E-state index is 13.8. The summed E-state index contributed by atoms with van der Waals surface area (Å²) in [5.74, 6) is -0.646. The average Bonchev–Trinajstić information content (AvgIpc) is 2.92. The van der Waals surface area contributed by atoms with Crippen molar-refractivity contribution in [2.75, 3.05) is 11.1 Å². The summed E-state index contributed by atoms with van der Waals surface area (Å²) in [6.45, 7) is 0. The lowest BCUT2D eigenvalue weighted by Gasteiger charge is -2.06. The number of para-hydroxylation sites is 1. The maximum Gasteiger partial charge on any atom is 0.262 e. The van der Waals surface area contributed by atoms with Crippen molar-refractivity contribution in [1.29, 1.82) is 0 Å². The molecule has 3 N–H and O–H groups in total. The molecule has 0 aliphatic heterocycles. The van der Waals surface area contributed by atoms with E-state index in [2.05, 4.69) is 15.4 Å². The quantitative estimate of drug-likeness (QED) is 0.772. The van der Waals surface area contributed by atoms with Crippen LogP contribution in [0.25, 0.3) is 5.69 Å². The number of anilines is 2. The van der Waals surface area contributed by atoms with Crippen LogP contribution in [0.5, 0.6) is 0 Å². The first kappa shape index (κ1) is 15.0. The fourth-order valence-electron chi connectivity index (χ4n) is 1.98. The van der Waals surface area contributed by atoms with Crippen LogP contribution in [0, 0.1) is 5.82 Å². The molecule has 23 heavy (non-hydrogen) atoms. The molecule has 8 heteroatoms. The van der Waals surface area contributed by atoms with Gasteiger partial charge in [0.05, 0.1) is 11.2 Å². The third-order valence-corrected chi connectivity index (χ3v) is 3.32. The van der Waals surface area contributed by atoms with Crippen molar-refractivity contribution >= 4 is 29.1 Å². The number of nitrogen functional groups attached to an aromatic ring is 1. The van der Waals surface area contributed by atoms with Gasteiger partial charge in [-0.15, -0.1) is 0 Å². The predicted octanol–water partition coefficient (Wildman–Crippen LogP) is 2.89. The van der Waals surface area contributed by atoms with Gasteiger partial charge in [0.2, 0.25) is 0 Å². The minimum absolute atomic E-state index is 0.0292. The van der Waals surface area contributed by atoms with Gasteiger partial charge in [0.15, 0.2) is 0 Å². The lowest BCUT2D eigenvalue weighted by molar-refractivity contribution is 0.102. The molecule has 3 aromatic rings. The minimum Gasteiger partial charge on any atom is -0.383 e. The van der Waals surface area contributed by atoms with Crippen molar-refractivity contribution in [2.24, 2.45) is 0 Å². The smallest absolute Gasteiger partial charge is 0.262 e. The zero-order valence-electron chi connectivity index (χ0n) is 11.7. The zero-order valence-corrected chi connectivity index (χ0v) is 12.5. The van der Waals surface area contributed by atoms with Crippen LogP contribution >= 0.6 is 11.6 Å². The van der Waals surface area contributed by atoms with Crippen LogP contribution in [0.1, 0.15) is 10.4 Å². The molecule has 0 fully saturated rings. The largest absolute Gasteiger partial charge is 0.383 e. The van der Waals surface area contributed by atoms with E-state index in [1.807, 2.05) is 0 Å². The Morgan fingerprint density at radius 1 is 1.22 bits per heavy atom. The number of carbonyl (C=O) groups is 1. The first-order chi connectivity index (χ1) is 11.1. The van der Waals surface area contributed by atoms with Crippen molar-refractivity contribution in [2.45, 2.75) is 0 Å². The number of halogens is 2. The summed E-state index contributed by atoms with van der Waals surface area (Å²) < 4.78 is 15.0. The molecule has 0 atom stereocenters. The van der Waals surface area contributed by atoms with E-state index in [0.29, 0.717) is 10.8 Å². The van der Waals surface area contributed by atoms with Gasteiger partial charge in [-0.2, -0.15) is 5.10 Å². The van der Waals surface area contributed by atoms with Gasteiger partial charge in [-0.1, -0.05) is 23.7 Å². The summed E-state index contributed by atoms with van der Waals surface area (Å²) in [7, 11) is 0. The van der Waals surface area contributed by atoms with Crippen molar-refractivity contribution < 1.29 is 9.18 Å². The highest BCUT2D eigenvalue weighted by Crippen LogP contribution is 2.20. The normalized spacial score (nSPS) is 10.5. The van der Waals surface area contributed by atoms with E-state index in [0.717, 1.165) is 0 Å². The summed E-state index contributed by atoms with van der Waals surface area (Å²) in [5.41, 5.74) is 6.19. The van der Waals surface area contributed by atoms with Crippen LogP contribution in [0.3, 0.4) is 0 Å². The van der Waals surface area contributed by atoms with Crippen molar-refractivity contribution in [3.05, 3.63) is 65.2 Å². The number of carbonyl (C=O) groups excluding carboxylic acids is 1. The Bertz CT molecular complexity index is 863. The molecule has 3 rings (SSSR count). The van der Waals surface area contributed by atoms with Crippen molar-refractivity contribution in [1.82, 2.24) is 14.8 Å². The fourth-order valence-corrected chi connectivity index (χ4v) is 2.09. The molecular formula is C15H11ClFN5O. The third kappa shape index (κ3) is 3.00. The highest BCUT2D eigenvalue weighted by Gasteiger charge is 2.18.